The zero-order valence-corrected chi connectivity index (χ0v) is 13.9. The average Bonchev–Trinajstić information content (AvgIpc) is 3.04. The maximum Gasteiger partial charge on any atom is 0.0972 e. The largest absolute Gasteiger partial charge is 0.396 e. The van der Waals surface area contributed by atoms with E-state index in [1.165, 1.54) is 5.56 Å². The number of aromatic nitrogens is 2. The highest BCUT2D eigenvalue weighted by Crippen LogP contribution is 2.24. The normalized spacial score (nSPS) is 10.9. The van der Waals surface area contributed by atoms with Gasteiger partial charge in [0.05, 0.1) is 11.4 Å². The van der Waals surface area contributed by atoms with Crippen molar-refractivity contribution in [1.29, 1.82) is 0 Å². The molecule has 124 valence electrons. The maximum absolute atomic E-state index is 8.92. The topological polar surface area (TPSA) is 50.1 Å². The number of aliphatic hydroxyl groups is 1. The van der Waals surface area contributed by atoms with Crippen LogP contribution < -0.4 is 5.32 Å². The van der Waals surface area contributed by atoms with E-state index in [1.54, 1.807) is 0 Å². The van der Waals surface area contributed by atoms with Crippen molar-refractivity contribution in [2.24, 2.45) is 0 Å². The van der Waals surface area contributed by atoms with Gasteiger partial charge < -0.3 is 10.4 Å². The van der Waals surface area contributed by atoms with E-state index in [0.29, 0.717) is 0 Å². The van der Waals surface area contributed by atoms with Crippen molar-refractivity contribution < 1.29 is 5.11 Å². The molecular weight excluding hydrogens is 298 g/mol. The van der Waals surface area contributed by atoms with Crippen molar-refractivity contribution in [3.8, 4) is 16.9 Å². The van der Waals surface area contributed by atoms with Gasteiger partial charge in [-0.2, -0.15) is 5.10 Å². The third kappa shape index (κ3) is 3.91. The fourth-order valence-corrected chi connectivity index (χ4v) is 2.71. The summed E-state index contributed by atoms with van der Waals surface area (Å²) in [4.78, 5) is 0. The predicted molar refractivity (Wildman–Crippen MR) is 97.1 cm³/mol. The molecular formula is C20H23N3O. The number of hydrogen-bond donors (Lipinski definition) is 2. The number of hydrogen-bond acceptors (Lipinski definition) is 3. The van der Waals surface area contributed by atoms with Crippen LogP contribution in [-0.2, 0) is 6.54 Å². The van der Waals surface area contributed by atoms with E-state index in [9.17, 15) is 0 Å². The van der Waals surface area contributed by atoms with Crippen LogP contribution in [0, 0.1) is 6.92 Å². The lowest BCUT2D eigenvalue weighted by molar-refractivity contribution is 0.286. The van der Waals surface area contributed by atoms with Crippen LogP contribution in [0.15, 0.2) is 60.8 Å². The van der Waals surface area contributed by atoms with Crippen LogP contribution in [0.4, 0.5) is 0 Å². The Balaban J connectivity index is 1.93. The van der Waals surface area contributed by atoms with Gasteiger partial charge in [0.1, 0.15) is 0 Å². The zero-order valence-electron chi connectivity index (χ0n) is 13.9. The number of nitrogens with zero attached hydrogens (tertiary/aromatic N) is 2. The van der Waals surface area contributed by atoms with Gasteiger partial charge in [-0.05, 0) is 38.1 Å². The third-order valence-electron chi connectivity index (χ3n) is 3.93. The minimum absolute atomic E-state index is 0.209. The molecule has 1 heterocycles. The Morgan fingerprint density at radius 2 is 1.92 bits per heavy atom. The van der Waals surface area contributed by atoms with Gasteiger partial charge in [-0.15, -0.1) is 0 Å². The highest BCUT2D eigenvalue weighted by molar-refractivity contribution is 5.64. The number of nitrogens with one attached hydrogen (secondary N) is 1. The Morgan fingerprint density at radius 3 is 2.67 bits per heavy atom. The van der Waals surface area contributed by atoms with Crippen LogP contribution in [-0.4, -0.2) is 28.0 Å². The third-order valence-corrected chi connectivity index (χ3v) is 3.93. The molecule has 2 N–H and O–H groups in total. The number of para-hydroxylation sites is 1. The van der Waals surface area contributed by atoms with Gasteiger partial charge in [-0.1, -0.05) is 42.0 Å². The SMILES string of the molecule is Cc1cccc(-c2nn(-c3ccccc3)cc2CNCCCO)c1. The summed E-state index contributed by atoms with van der Waals surface area (Å²) >= 11 is 0. The standard InChI is InChI=1S/C20H23N3O/c1-16-7-5-8-17(13-16)20-18(14-21-11-6-12-24)15-23(22-20)19-9-3-2-4-10-19/h2-5,7-10,13,15,21,24H,6,11-12,14H2,1H3. The second-order valence-electron chi connectivity index (χ2n) is 5.91. The van der Waals surface area contributed by atoms with E-state index in [4.69, 9.17) is 10.2 Å². The summed E-state index contributed by atoms with van der Waals surface area (Å²) in [5.74, 6) is 0. The summed E-state index contributed by atoms with van der Waals surface area (Å²) in [7, 11) is 0. The van der Waals surface area contributed by atoms with E-state index >= 15 is 0 Å². The number of rotatable bonds is 7. The zero-order chi connectivity index (χ0) is 16.8. The first-order valence-corrected chi connectivity index (χ1v) is 8.30. The summed E-state index contributed by atoms with van der Waals surface area (Å²) in [5.41, 5.74) is 5.55. The molecule has 0 aliphatic carbocycles. The van der Waals surface area contributed by atoms with Crippen LogP contribution in [0.5, 0.6) is 0 Å². The number of aliphatic hydroxyl groups excluding tert-OH is 1. The Labute approximate surface area is 142 Å². The van der Waals surface area contributed by atoms with Crippen molar-refractivity contribution >= 4 is 0 Å². The lowest BCUT2D eigenvalue weighted by Gasteiger charge is -2.05. The molecule has 0 spiro atoms. The van der Waals surface area contributed by atoms with Crippen molar-refractivity contribution in [3.05, 3.63) is 71.9 Å². The molecule has 24 heavy (non-hydrogen) atoms. The molecule has 0 fully saturated rings. The molecule has 0 saturated carbocycles. The minimum Gasteiger partial charge on any atom is -0.396 e. The van der Waals surface area contributed by atoms with E-state index in [1.807, 2.05) is 22.9 Å². The van der Waals surface area contributed by atoms with E-state index in [-0.39, 0.29) is 6.61 Å². The average molecular weight is 321 g/mol. The molecule has 4 nitrogen and oxygen atoms in total. The lowest BCUT2D eigenvalue weighted by atomic mass is 10.1. The molecule has 0 radical (unpaired) electrons. The van der Waals surface area contributed by atoms with E-state index in [2.05, 4.69) is 54.8 Å². The van der Waals surface area contributed by atoms with Gasteiger partial charge in [0, 0.05) is 30.5 Å². The minimum atomic E-state index is 0.209. The summed E-state index contributed by atoms with van der Waals surface area (Å²) in [5, 5.41) is 17.1. The van der Waals surface area contributed by atoms with Crippen LogP contribution in [0.1, 0.15) is 17.5 Å². The molecule has 0 aliphatic heterocycles. The molecule has 3 rings (SSSR count). The lowest BCUT2D eigenvalue weighted by Crippen LogP contribution is -2.15. The van der Waals surface area contributed by atoms with Gasteiger partial charge in [0.25, 0.3) is 0 Å². The predicted octanol–water partition coefficient (Wildman–Crippen LogP) is 3.32. The summed E-state index contributed by atoms with van der Waals surface area (Å²) in [6.45, 7) is 3.83. The van der Waals surface area contributed by atoms with Crippen LogP contribution in [0.2, 0.25) is 0 Å². The van der Waals surface area contributed by atoms with Crippen molar-refractivity contribution in [3.63, 3.8) is 0 Å². The van der Waals surface area contributed by atoms with Gasteiger partial charge >= 0.3 is 0 Å². The number of aryl methyl sites for hydroxylation is 1. The Morgan fingerprint density at radius 1 is 1.08 bits per heavy atom. The van der Waals surface area contributed by atoms with Gasteiger partial charge in [0.15, 0.2) is 0 Å². The van der Waals surface area contributed by atoms with Crippen molar-refractivity contribution in [2.45, 2.75) is 19.9 Å². The molecule has 0 unspecified atom stereocenters. The van der Waals surface area contributed by atoms with Gasteiger partial charge in [0.2, 0.25) is 0 Å². The van der Waals surface area contributed by atoms with E-state index in [0.717, 1.165) is 42.0 Å². The highest BCUT2D eigenvalue weighted by atomic mass is 16.3. The Bertz CT molecular complexity index is 781. The molecule has 0 amide bonds. The summed E-state index contributed by atoms with van der Waals surface area (Å²) in [6.07, 6.45) is 2.84. The maximum atomic E-state index is 8.92. The van der Waals surface area contributed by atoms with Crippen LogP contribution in [0.3, 0.4) is 0 Å². The first-order valence-electron chi connectivity index (χ1n) is 8.30. The highest BCUT2D eigenvalue weighted by Gasteiger charge is 2.12. The Hall–Kier alpha value is -2.43. The molecule has 1 aromatic heterocycles. The van der Waals surface area contributed by atoms with Gasteiger partial charge in [-0.25, -0.2) is 4.68 Å². The smallest absolute Gasteiger partial charge is 0.0972 e. The van der Waals surface area contributed by atoms with Crippen LogP contribution in [0.25, 0.3) is 16.9 Å². The molecule has 0 atom stereocenters. The van der Waals surface area contributed by atoms with Crippen molar-refractivity contribution in [1.82, 2.24) is 15.1 Å². The Kier molecular flexibility index (Phi) is 5.41. The molecule has 0 saturated heterocycles. The summed E-state index contributed by atoms with van der Waals surface area (Å²) < 4.78 is 1.93. The second kappa shape index (κ2) is 7.90. The molecule has 2 aromatic carbocycles. The molecule has 4 heteroatoms. The van der Waals surface area contributed by atoms with Crippen molar-refractivity contribution in [2.75, 3.05) is 13.2 Å². The van der Waals surface area contributed by atoms with Gasteiger partial charge in [-0.3, -0.25) is 0 Å². The monoisotopic (exact) mass is 321 g/mol. The first kappa shape index (κ1) is 16.4. The molecule has 0 aliphatic rings. The second-order valence-corrected chi connectivity index (χ2v) is 5.91. The van der Waals surface area contributed by atoms with E-state index < -0.39 is 0 Å². The first-order chi connectivity index (χ1) is 11.8. The quantitative estimate of drug-likeness (QED) is 0.656. The molecule has 3 aromatic rings. The summed E-state index contributed by atoms with van der Waals surface area (Å²) in [6, 6.07) is 18.6. The van der Waals surface area contributed by atoms with Crippen LogP contribution >= 0.6 is 0 Å². The fraction of sp³-hybridized carbons (Fsp3) is 0.250. The number of benzene rings is 2. The molecule has 0 bridgehead atoms. The fourth-order valence-electron chi connectivity index (χ4n) is 2.71.